The number of aromatic nitrogens is 1. The van der Waals surface area contributed by atoms with Gasteiger partial charge in [-0.2, -0.15) is 0 Å². The maximum Gasteiger partial charge on any atom is 0.374 e. The number of hydrogen-bond acceptors (Lipinski definition) is 4. The van der Waals surface area contributed by atoms with E-state index in [-0.39, 0.29) is 18.2 Å². The van der Waals surface area contributed by atoms with E-state index in [1.165, 1.54) is 0 Å². The number of benzene rings is 2. The van der Waals surface area contributed by atoms with Gasteiger partial charge in [-0.15, -0.1) is 0 Å². The lowest BCUT2D eigenvalue weighted by Gasteiger charge is -2.01. The molecule has 24 heavy (non-hydrogen) atoms. The summed E-state index contributed by atoms with van der Waals surface area (Å²) in [6.07, 6.45) is 1.63. The summed E-state index contributed by atoms with van der Waals surface area (Å²) in [6.45, 7) is -0.336. The molecule has 0 bridgehead atoms. The summed E-state index contributed by atoms with van der Waals surface area (Å²) in [5, 5.41) is 1.62. The van der Waals surface area contributed by atoms with Crippen LogP contribution in [0.1, 0.15) is 20.9 Å². The third-order valence-corrected chi connectivity index (χ3v) is 3.85. The van der Waals surface area contributed by atoms with Crippen LogP contribution in [0.15, 0.2) is 65.2 Å². The van der Waals surface area contributed by atoms with Gasteiger partial charge in [-0.05, 0) is 18.2 Å². The molecule has 0 unspecified atom stereocenters. The zero-order valence-corrected chi connectivity index (χ0v) is 12.6. The number of hydrogen-bond donors (Lipinski definition) is 1. The largest absolute Gasteiger partial charge is 0.451 e. The molecule has 0 aliphatic carbocycles. The Hall–Kier alpha value is -3.34. The van der Waals surface area contributed by atoms with Crippen LogP contribution < -0.4 is 0 Å². The molecule has 4 aromatic rings. The molecule has 0 aliphatic heterocycles. The predicted molar refractivity (Wildman–Crippen MR) is 89.1 cm³/mol. The maximum absolute atomic E-state index is 12.3. The summed E-state index contributed by atoms with van der Waals surface area (Å²) in [7, 11) is 0. The molecule has 0 spiro atoms. The predicted octanol–water partition coefficient (Wildman–Crippen LogP) is 3.95. The van der Waals surface area contributed by atoms with E-state index < -0.39 is 5.97 Å². The molecule has 2 aromatic carbocycles. The first-order chi connectivity index (χ1) is 11.7. The van der Waals surface area contributed by atoms with Crippen LogP contribution in [-0.4, -0.2) is 23.3 Å². The molecule has 0 amide bonds. The molecule has 0 fully saturated rings. The number of furan rings is 1. The van der Waals surface area contributed by atoms with Crippen molar-refractivity contribution in [2.45, 2.75) is 0 Å². The van der Waals surface area contributed by atoms with Crippen molar-refractivity contribution in [1.82, 2.24) is 4.98 Å². The molecule has 5 heteroatoms. The Morgan fingerprint density at radius 2 is 1.83 bits per heavy atom. The van der Waals surface area contributed by atoms with Crippen molar-refractivity contribution in [3.63, 3.8) is 0 Å². The molecular formula is C19H13NO4. The second kappa shape index (κ2) is 5.70. The van der Waals surface area contributed by atoms with Gasteiger partial charge in [-0.25, -0.2) is 4.79 Å². The summed E-state index contributed by atoms with van der Waals surface area (Å²) in [6, 6.07) is 16.4. The van der Waals surface area contributed by atoms with Crippen molar-refractivity contribution >= 4 is 33.6 Å². The van der Waals surface area contributed by atoms with Crippen molar-refractivity contribution in [2.24, 2.45) is 0 Å². The number of para-hydroxylation sites is 2. The quantitative estimate of drug-likeness (QED) is 0.456. The van der Waals surface area contributed by atoms with Gasteiger partial charge in [0.25, 0.3) is 0 Å². The van der Waals surface area contributed by atoms with E-state index in [1.807, 2.05) is 42.5 Å². The first kappa shape index (κ1) is 14.3. The molecule has 0 saturated heterocycles. The molecule has 0 atom stereocenters. The number of H-pyrrole nitrogens is 1. The minimum Gasteiger partial charge on any atom is -0.451 e. The fourth-order valence-corrected chi connectivity index (χ4v) is 2.66. The molecule has 2 aromatic heterocycles. The summed E-state index contributed by atoms with van der Waals surface area (Å²) < 4.78 is 10.5. The SMILES string of the molecule is O=C(OCC(=O)c1c[nH]c2ccccc12)c1cc2ccccc2o1. The third kappa shape index (κ3) is 2.46. The number of ether oxygens (including phenoxy) is 1. The first-order valence-electron chi connectivity index (χ1n) is 7.47. The van der Waals surface area contributed by atoms with Gasteiger partial charge in [0.05, 0.1) is 0 Å². The van der Waals surface area contributed by atoms with E-state index in [1.54, 1.807) is 18.3 Å². The van der Waals surface area contributed by atoms with E-state index in [0.717, 1.165) is 16.3 Å². The van der Waals surface area contributed by atoms with E-state index in [2.05, 4.69) is 4.98 Å². The minimum absolute atomic E-state index is 0.0860. The Kier molecular flexibility index (Phi) is 3.39. The first-order valence-corrected chi connectivity index (χ1v) is 7.47. The number of carbonyl (C=O) groups is 2. The normalized spacial score (nSPS) is 11.0. The van der Waals surface area contributed by atoms with Gasteiger partial charge in [0.2, 0.25) is 11.5 Å². The summed E-state index contributed by atoms with van der Waals surface area (Å²) in [5.41, 5.74) is 1.97. The van der Waals surface area contributed by atoms with E-state index in [4.69, 9.17) is 9.15 Å². The Morgan fingerprint density at radius 1 is 1.04 bits per heavy atom. The molecule has 118 valence electrons. The van der Waals surface area contributed by atoms with Crippen LogP contribution in [0, 0.1) is 0 Å². The van der Waals surface area contributed by atoms with E-state index >= 15 is 0 Å². The van der Waals surface area contributed by atoms with Gasteiger partial charge in [0.15, 0.2) is 6.61 Å². The standard InChI is InChI=1S/C19H13NO4/c21-16(14-10-20-15-7-3-2-6-13(14)15)11-23-19(22)18-9-12-5-1-4-8-17(12)24-18/h1-10,20H,11H2. The number of esters is 1. The average molecular weight is 319 g/mol. The van der Waals surface area contributed by atoms with Crippen LogP contribution in [-0.2, 0) is 4.74 Å². The van der Waals surface area contributed by atoms with Crippen LogP contribution in [0.2, 0.25) is 0 Å². The summed E-state index contributed by atoms with van der Waals surface area (Å²) in [4.78, 5) is 27.4. The van der Waals surface area contributed by atoms with Crippen molar-refractivity contribution in [3.8, 4) is 0 Å². The number of rotatable bonds is 4. The lowest BCUT2D eigenvalue weighted by Crippen LogP contribution is -2.13. The van der Waals surface area contributed by atoms with Crippen molar-refractivity contribution in [3.05, 3.63) is 72.1 Å². The highest BCUT2D eigenvalue weighted by molar-refractivity contribution is 6.09. The van der Waals surface area contributed by atoms with Crippen LogP contribution >= 0.6 is 0 Å². The average Bonchev–Trinajstić information content (AvgIpc) is 3.23. The molecular weight excluding hydrogens is 306 g/mol. The number of aromatic amines is 1. The lowest BCUT2D eigenvalue weighted by atomic mass is 10.1. The van der Waals surface area contributed by atoms with Crippen LogP contribution in [0.4, 0.5) is 0 Å². The smallest absolute Gasteiger partial charge is 0.374 e. The maximum atomic E-state index is 12.3. The Labute approximate surface area is 136 Å². The summed E-state index contributed by atoms with van der Waals surface area (Å²) >= 11 is 0. The fraction of sp³-hybridized carbons (Fsp3) is 0.0526. The van der Waals surface area contributed by atoms with Gasteiger partial charge < -0.3 is 14.1 Å². The van der Waals surface area contributed by atoms with Gasteiger partial charge >= 0.3 is 5.97 Å². The van der Waals surface area contributed by atoms with Crippen LogP contribution in [0.5, 0.6) is 0 Å². The molecule has 4 rings (SSSR count). The number of nitrogens with one attached hydrogen (secondary N) is 1. The number of fused-ring (bicyclic) bond motifs is 2. The Balaban J connectivity index is 1.49. The highest BCUT2D eigenvalue weighted by Crippen LogP contribution is 2.20. The van der Waals surface area contributed by atoms with Crippen LogP contribution in [0.3, 0.4) is 0 Å². The van der Waals surface area contributed by atoms with Gasteiger partial charge in [0, 0.05) is 28.0 Å². The van der Waals surface area contributed by atoms with Gasteiger partial charge in [-0.3, -0.25) is 4.79 Å². The molecule has 5 nitrogen and oxygen atoms in total. The van der Waals surface area contributed by atoms with Gasteiger partial charge in [0.1, 0.15) is 5.58 Å². The molecule has 0 aliphatic rings. The fourth-order valence-electron chi connectivity index (χ4n) is 2.66. The van der Waals surface area contributed by atoms with E-state index in [9.17, 15) is 9.59 Å². The topological polar surface area (TPSA) is 72.3 Å². The minimum atomic E-state index is -0.653. The van der Waals surface area contributed by atoms with Crippen molar-refractivity contribution in [1.29, 1.82) is 0 Å². The Morgan fingerprint density at radius 3 is 2.71 bits per heavy atom. The second-order valence-electron chi connectivity index (χ2n) is 5.40. The van der Waals surface area contributed by atoms with Crippen LogP contribution in [0.25, 0.3) is 21.9 Å². The number of ketones is 1. The summed E-state index contributed by atoms with van der Waals surface area (Å²) in [5.74, 6) is -0.834. The zero-order valence-electron chi connectivity index (χ0n) is 12.6. The zero-order chi connectivity index (χ0) is 16.5. The number of Topliss-reactive ketones (excluding diaryl/α,β-unsaturated/α-hetero) is 1. The molecule has 1 N–H and O–H groups in total. The van der Waals surface area contributed by atoms with Crippen molar-refractivity contribution in [2.75, 3.05) is 6.61 Å². The monoisotopic (exact) mass is 319 g/mol. The second-order valence-corrected chi connectivity index (χ2v) is 5.40. The third-order valence-electron chi connectivity index (χ3n) is 3.85. The van der Waals surface area contributed by atoms with Crippen molar-refractivity contribution < 1.29 is 18.7 Å². The van der Waals surface area contributed by atoms with Gasteiger partial charge in [-0.1, -0.05) is 36.4 Å². The molecule has 2 heterocycles. The molecule has 0 saturated carbocycles. The van der Waals surface area contributed by atoms with E-state index in [0.29, 0.717) is 11.1 Å². The molecule has 0 radical (unpaired) electrons. The lowest BCUT2D eigenvalue weighted by molar-refractivity contribution is 0.0446. The highest BCUT2D eigenvalue weighted by Gasteiger charge is 2.17. The number of carbonyl (C=O) groups excluding carboxylic acids is 2. The highest BCUT2D eigenvalue weighted by atomic mass is 16.5. The Bertz CT molecular complexity index is 1020.